The van der Waals surface area contributed by atoms with Crippen molar-refractivity contribution in [3.8, 4) is 0 Å². The van der Waals surface area contributed by atoms with Crippen LogP contribution in [0.15, 0.2) is 4.21 Å². The standard InChI is InChI=1S/C12H21NO2S2/c1-4-6-8-11-10(7-5-2)9(3)16-12(11)17(13,14)15/h4-8H2,1-3H3,(H2,13,14,15). The molecule has 0 fully saturated rings. The molecule has 0 amide bonds. The smallest absolute Gasteiger partial charge is 0.224 e. The summed E-state index contributed by atoms with van der Waals surface area (Å²) in [4.78, 5) is 1.10. The number of primary sulfonamides is 1. The predicted octanol–water partition coefficient (Wildman–Crippen LogP) is 3.00. The van der Waals surface area contributed by atoms with Crippen LogP contribution in [-0.2, 0) is 22.9 Å². The maximum Gasteiger partial charge on any atom is 0.247 e. The fourth-order valence-electron chi connectivity index (χ4n) is 2.01. The average molecular weight is 275 g/mol. The van der Waals surface area contributed by atoms with E-state index < -0.39 is 10.0 Å². The molecule has 0 saturated carbocycles. The van der Waals surface area contributed by atoms with E-state index >= 15 is 0 Å². The first-order valence-corrected chi connectivity index (χ1v) is 8.42. The monoisotopic (exact) mass is 275 g/mol. The highest BCUT2D eigenvalue weighted by Crippen LogP contribution is 2.33. The molecule has 1 rings (SSSR count). The van der Waals surface area contributed by atoms with Crippen molar-refractivity contribution in [3.63, 3.8) is 0 Å². The topological polar surface area (TPSA) is 60.2 Å². The molecule has 1 aromatic rings. The lowest BCUT2D eigenvalue weighted by atomic mass is 10.0. The van der Waals surface area contributed by atoms with Gasteiger partial charge in [-0.25, -0.2) is 13.6 Å². The van der Waals surface area contributed by atoms with Gasteiger partial charge in [0, 0.05) is 4.88 Å². The Kier molecular flexibility index (Phi) is 5.16. The molecule has 5 heteroatoms. The largest absolute Gasteiger partial charge is 0.247 e. The van der Waals surface area contributed by atoms with Crippen LogP contribution in [0, 0.1) is 6.92 Å². The van der Waals surface area contributed by atoms with Crippen molar-refractivity contribution in [1.82, 2.24) is 0 Å². The highest BCUT2D eigenvalue weighted by molar-refractivity contribution is 7.91. The molecule has 0 saturated heterocycles. The Labute approximate surface area is 108 Å². The fraction of sp³-hybridized carbons (Fsp3) is 0.667. The van der Waals surface area contributed by atoms with E-state index in [4.69, 9.17) is 5.14 Å². The second-order valence-corrected chi connectivity index (χ2v) is 7.28. The number of hydrogen-bond acceptors (Lipinski definition) is 3. The zero-order chi connectivity index (χ0) is 13.1. The van der Waals surface area contributed by atoms with Crippen LogP contribution in [0.5, 0.6) is 0 Å². The lowest BCUT2D eigenvalue weighted by Gasteiger charge is -2.05. The number of sulfonamides is 1. The molecule has 0 aliphatic carbocycles. The fourth-order valence-corrected chi connectivity index (χ4v) is 4.39. The van der Waals surface area contributed by atoms with Crippen LogP contribution in [0.25, 0.3) is 0 Å². The van der Waals surface area contributed by atoms with Gasteiger partial charge < -0.3 is 0 Å². The van der Waals surface area contributed by atoms with E-state index in [1.165, 1.54) is 16.9 Å². The van der Waals surface area contributed by atoms with E-state index in [0.29, 0.717) is 4.21 Å². The van der Waals surface area contributed by atoms with Crippen molar-refractivity contribution < 1.29 is 8.42 Å². The highest BCUT2D eigenvalue weighted by atomic mass is 32.2. The molecule has 0 radical (unpaired) electrons. The van der Waals surface area contributed by atoms with E-state index in [1.54, 1.807) is 0 Å². The number of rotatable bonds is 6. The molecule has 98 valence electrons. The summed E-state index contributed by atoms with van der Waals surface area (Å²) in [5.41, 5.74) is 2.17. The molecule has 1 aromatic heterocycles. The van der Waals surface area contributed by atoms with E-state index in [1.807, 2.05) is 6.92 Å². The van der Waals surface area contributed by atoms with Gasteiger partial charge in [0.25, 0.3) is 0 Å². The Morgan fingerprint density at radius 3 is 2.24 bits per heavy atom. The summed E-state index contributed by atoms with van der Waals surface area (Å²) >= 11 is 1.33. The summed E-state index contributed by atoms with van der Waals surface area (Å²) in [7, 11) is -3.57. The van der Waals surface area contributed by atoms with Gasteiger partial charge in [-0.2, -0.15) is 0 Å². The van der Waals surface area contributed by atoms with Gasteiger partial charge in [-0.05, 0) is 37.3 Å². The molecular formula is C12H21NO2S2. The molecule has 0 aromatic carbocycles. The molecule has 0 aliphatic rings. The van der Waals surface area contributed by atoms with Gasteiger partial charge in [0.2, 0.25) is 10.0 Å². The maximum atomic E-state index is 11.6. The summed E-state index contributed by atoms with van der Waals surface area (Å²) in [5.74, 6) is 0. The lowest BCUT2D eigenvalue weighted by molar-refractivity contribution is 0.598. The van der Waals surface area contributed by atoms with Crippen molar-refractivity contribution in [2.24, 2.45) is 5.14 Å². The van der Waals surface area contributed by atoms with Crippen molar-refractivity contribution in [2.45, 2.75) is 57.1 Å². The van der Waals surface area contributed by atoms with Gasteiger partial charge in [0.1, 0.15) is 4.21 Å². The van der Waals surface area contributed by atoms with Gasteiger partial charge >= 0.3 is 0 Å². The second-order valence-electron chi connectivity index (χ2n) is 4.30. The van der Waals surface area contributed by atoms with Crippen LogP contribution < -0.4 is 5.14 Å². The number of hydrogen-bond donors (Lipinski definition) is 1. The Morgan fingerprint density at radius 1 is 1.12 bits per heavy atom. The third-order valence-corrected chi connectivity index (χ3v) is 5.51. The third kappa shape index (κ3) is 3.53. The molecule has 3 nitrogen and oxygen atoms in total. The van der Waals surface area contributed by atoms with Crippen molar-refractivity contribution in [1.29, 1.82) is 0 Å². The minimum Gasteiger partial charge on any atom is -0.224 e. The molecule has 0 atom stereocenters. The molecule has 0 spiro atoms. The number of unbranched alkanes of at least 4 members (excludes halogenated alkanes) is 1. The summed E-state index contributed by atoms with van der Waals surface area (Å²) in [6, 6.07) is 0. The van der Waals surface area contributed by atoms with Crippen LogP contribution in [0.3, 0.4) is 0 Å². The summed E-state index contributed by atoms with van der Waals surface area (Å²) in [5, 5.41) is 5.29. The zero-order valence-corrected chi connectivity index (χ0v) is 12.4. The Morgan fingerprint density at radius 2 is 1.76 bits per heavy atom. The first-order valence-electron chi connectivity index (χ1n) is 6.05. The Hall–Kier alpha value is -0.390. The van der Waals surface area contributed by atoms with E-state index in [0.717, 1.165) is 42.5 Å². The van der Waals surface area contributed by atoms with Gasteiger partial charge in [0.15, 0.2) is 0 Å². The SMILES string of the molecule is CCCCc1c(S(N)(=O)=O)sc(C)c1CCC. The van der Waals surface area contributed by atoms with E-state index in [2.05, 4.69) is 13.8 Å². The lowest BCUT2D eigenvalue weighted by Crippen LogP contribution is -2.13. The second kappa shape index (κ2) is 5.98. The van der Waals surface area contributed by atoms with E-state index in [-0.39, 0.29) is 0 Å². The minimum atomic E-state index is -3.57. The number of aryl methyl sites for hydroxylation is 1. The normalized spacial score (nSPS) is 12.0. The quantitative estimate of drug-likeness (QED) is 0.867. The van der Waals surface area contributed by atoms with E-state index in [9.17, 15) is 8.42 Å². The maximum absolute atomic E-state index is 11.6. The molecule has 17 heavy (non-hydrogen) atoms. The molecule has 2 N–H and O–H groups in total. The Bertz CT molecular complexity index is 475. The van der Waals surface area contributed by atoms with Gasteiger partial charge in [0.05, 0.1) is 0 Å². The van der Waals surface area contributed by atoms with Crippen LogP contribution in [0.2, 0.25) is 0 Å². The van der Waals surface area contributed by atoms with Crippen LogP contribution in [0.4, 0.5) is 0 Å². The summed E-state index contributed by atoms with van der Waals surface area (Å²) < 4.78 is 23.5. The minimum absolute atomic E-state index is 0.381. The summed E-state index contributed by atoms with van der Waals surface area (Å²) in [6.45, 7) is 6.20. The van der Waals surface area contributed by atoms with Gasteiger partial charge in [-0.3, -0.25) is 0 Å². The third-order valence-electron chi connectivity index (χ3n) is 2.82. The highest BCUT2D eigenvalue weighted by Gasteiger charge is 2.21. The molecule has 0 aliphatic heterocycles. The molecular weight excluding hydrogens is 254 g/mol. The van der Waals surface area contributed by atoms with Crippen LogP contribution in [0.1, 0.15) is 49.1 Å². The molecule has 0 unspecified atom stereocenters. The number of thiophene rings is 1. The van der Waals surface area contributed by atoms with Crippen molar-refractivity contribution >= 4 is 21.4 Å². The van der Waals surface area contributed by atoms with Crippen LogP contribution >= 0.6 is 11.3 Å². The molecule has 0 bridgehead atoms. The van der Waals surface area contributed by atoms with Gasteiger partial charge in [-0.15, -0.1) is 11.3 Å². The van der Waals surface area contributed by atoms with Gasteiger partial charge in [-0.1, -0.05) is 26.7 Å². The summed E-state index contributed by atoms with van der Waals surface area (Å²) in [6.07, 6.45) is 4.86. The van der Waals surface area contributed by atoms with Crippen molar-refractivity contribution in [2.75, 3.05) is 0 Å². The van der Waals surface area contributed by atoms with Crippen molar-refractivity contribution in [3.05, 3.63) is 16.0 Å². The predicted molar refractivity (Wildman–Crippen MR) is 73.0 cm³/mol. The average Bonchev–Trinajstić information content (AvgIpc) is 2.54. The Balaban J connectivity index is 3.25. The first kappa shape index (κ1) is 14.7. The molecule has 1 heterocycles. The first-order chi connectivity index (χ1) is 7.91. The van der Waals surface area contributed by atoms with Crippen LogP contribution in [-0.4, -0.2) is 8.42 Å². The number of nitrogens with two attached hydrogens (primary N) is 1. The zero-order valence-electron chi connectivity index (χ0n) is 10.7.